The molecule has 27 heavy (non-hydrogen) atoms. The van der Waals surface area contributed by atoms with E-state index in [0.29, 0.717) is 0 Å². The maximum Gasteiger partial charge on any atom is 0.257 e. The molecule has 10 heteroatoms. The molecule has 0 fully saturated rings. The number of benzene rings is 1. The summed E-state index contributed by atoms with van der Waals surface area (Å²) in [6.45, 7) is 5.57. The summed E-state index contributed by atoms with van der Waals surface area (Å²) in [5.41, 5.74) is 0.284. The van der Waals surface area contributed by atoms with Gasteiger partial charge in [-0.25, -0.2) is 9.50 Å². The Morgan fingerprint density at radius 1 is 1.30 bits per heavy atom. The number of anilines is 2. The van der Waals surface area contributed by atoms with Crippen LogP contribution in [0.3, 0.4) is 0 Å². The number of carbonyl (C=O) groups excluding carboxylic acids is 1. The quantitative estimate of drug-likeness (QED) is 0.671. The molecule has 1 aromatic carbocycles. The van der Waals surface area contributed by atoms with Crippen molar-refractivity contribution in [3.8, 4) is 0 Å². The molecule has 0 bridgehead atoms. The highest BCUT2D eigenvalue weighted by Crippen LogP contribution is 2.32. The van der Waals surface area contributed by atoms with Crippen molar-refractivity contribution in [1.29, 1.82) is 0 Å². The van der Waals surface area contributed by atoms with Crippen LogP contribution in [-0.4, -0.2) is 34.8 Å². The first-order valence-electron chi connectivity index (χ1n) is 7.98. The fraction of sp³-hybridized carbons (Fsp3) is 0.235. The van der Waals surface area contributed by atoms with Crippen molar-refractivity contribution in [3.63, 3.8) is 0 Å². The Balaban J connectivity index is 2.10. The number of nitrogens with one attached hydrogen (secondary N) is 1. The van der Waals surface area contributed by atoms with Gasteiger partial charge in [-0.1, -0.05) is 23.7 Å². The Kier molecular flexibility index (Phi) is 5.18. The minimum Gasteiger partial charge on any atom is -0.755 e. The van der Waals surface area contributed by atoms with Gasteiger partial charge in [-0.05, 0) is 32.9 Å². The molecule has 2 heterocycles. The first-order chi connectivity index (χ1) is 12.7. The van der Waals surface area contributed by atoms with E-state index in [4.69, 9.17) is 11.6 Å². The van der Waals surface area contributed by atoms with E-state index in [-0.39, 0.29) is 33.6 Å². The van der Waals surface area contributed by atoms with Crippen LogP contribution in [0.1, 0.15) is 31.1 Å². The summed E-state index contributed by atoms with van der Waals surface area (Å²) >= 11 is 3.47. The number of halogens is 1. The molecule has 0 saturated heterocycles. The van der Waals surface area contributed by atoms with Crippen LogP contribution in [0.15, 0.2) is 42.7 Å². The Morgan fingerprint density at radius 2 is 2.00 bits per heavy atom. The molecule has 1 atom stereocenters. The first kappa shape index (κ1) is 19.3. The van der Waals surface area contributed by atoms with Gasteiger partial charge in [0.15, 0.2) is 5.65 Å². The predicted molar refractivity (Wildman–Crippen MR) is 103 cm³/mol. The number of fused-ring (bicyclic) bond motifs is 1. The van der Waals surface area contributed by atoms with Gasteiger partial charge in [-0.3, -0.25) is 13.3 Å². The summed E-state index contributed by atoms with van der Waals surface area (Å²) in [6.07, 6.45) is 2.92. The molecule has 8 nitrogen and oxygen atoms in total. The molecule has 0 aliphatic rings. The maximum atomic E-state index is 12.5. The molecule has 0 aliphatic heterocycles. The average Bonchev–Trinajstić information content (AvgIpc) is 2.98. The fourth-order valence-corrected chi connectivity index (χ4v) is 3.28. The number of hydrogen-bond acceptors (Lipinski definition) is 5. The zero-order chi connectivity index (χ0) is 19.8. The van der Waals surface area contributed by atoms with Crippen molar-refractivity contribution >= 4 is 45.9 Å². The van der Waals surface area contributed by atoms with Gasteiger partial charge in [-0.2, -0.15) is 5.10 Å². The largest absolute Gasteiger partial charge is 0.755 e. The summed E-state index contributed by atoms with van der Waals surface area (Å²) in [6, 6.07) is 7.98. The van der Waals surface area contributed by atoms with Crippen LogP contribution in [0.4, 0.5) is 11.5 Å². The van der Waals surface area contributed by atoms with E-state index in [1.807, 2.05) is 20.8 Å². The lowest BCUT2D eigenvalue weighted by atomic mass is 10.1. The third-order valence-corrected chi connectivity index (χ3v) is 4.52. The van der Waals surface area contributed by atoms with Crippen LogP contribution in [0.25, 0.3) is 5.65 Å². The summed E-state index contributed by atoms with van der Waals surface area (Å²) in [5.74, 6) is -0.260. The first-order valence-corrected chi connectivity index (χ1v) is 9.39. The Morgan fingerprint density at radius 3 is 2.63 bits per heavy atom. The Bertz CT molecular complexity index is 1030. The van der Waals surface area contributed by atoms with Gasteiger partial charge in [0.25, 0.3) is 5.91 Å². The third kappa shape index (κ3) is 4.10. The van der Waals surface area contributed by atoms with E-state index in [1.165, 1.54) is 23.0 Å². The normalized spacial score (nSPS) is 12.8. The Hall–Kier alpha value is -2.49. The molecule has 0 saturated carbocycles. The summed E-state index contributed by atoms with van der Waals surface area (Å²) in [7, 11) is 0. The smallest absolute Gasteiger partial charge is 0.257 e. The average molecular weight is 407 g/mol. The highest BCUT2D eigenvalue weighted by molar-refractivity contribution is 7.81. The van der Waals surface area contributed by atoms with Gasteiger partial charge in [0, 0.05) is 17.8 Å². The van der Waals surface area contributed by atoms with Crippen molar-refractivity contribution in [2.75, 3.05) is 4.31 Å². The van der Waals surface area contributed by atoms with Crippen molar-refractivity contribution in [1.82, 2.24) is 19.9 Å². The summed E-state index contributed by atoms with van der Waals surface area (Å²) in [4.78, 5) is 16.9. The van der Waals surface area contributed by atoms with E-state index < -0.39 is 16.8 Å². The van der Waals surface area contributed by atoms with Gasteiger partial charge >= 0.3 is 0 Å². The van der Waals surface area contributed by atoms with Crippen molar-refractivity contribution in [2.24, 2.45) is 0 Å². The van der Waals surface area contributed by atoms with Crippen molar-refractivity contribution in [3.05, 3.63) is 53.3 Å². The minimum atomic E-state index is -2.67. The number of amides is 1. The highest BCUT2D eigenvalue weighted by atomic mass is 35.5. The van der Waals surface area contributed by atoms with E-state index >= 15 is 0 Å². The molecule has 2 aromatic heterocycles. The third-order valence-electron chi connectivity index (χ3n) is 3.52. The van der Waals surface area contributed by atoms with Gasteiger partial charge in [0.2, 0.25) is 0 Å². The second-order valence-corrected chi connectivity index (χ2v) is 7.99. The van der Waals surface area contributed by atoms with Crippen LogP contribution >= 0.6 is 11.6 Å². The lowest BCUT2D eigenvalue weighted by Crippen LogP contribution is -2.40. The monoisotopic (exact) mass is 406 g/mol. The molecule has 0 radical (unpaired) electrons. The van der Waals surface area contributed by atoms with E-state index in [9.17, 15) is 13.6 Å². The maximum absolute atomic E-state index is 12.5. The van der Waals surface area contributed by atoms with Gasteiger partial charge in [0.05, 0.1) is 28.2 Å². The molecule has 0 spiro atoms. The van der Waals surface area contributed by atoms with Crippen LogP contribution in [0.2, 0.25) is 5.02 Å². The molecule has 142 valence electrons. The number of nitrogens with zero attached hydrogens (tertiary/aromatic N) is 4. The second-order valence-electron chi connectivity index (χ2n) is 6.78. The van der Waals surface area contributed by atoms with Crippen molar-refractivity contribution < 1.29 is 13.6 Å². The van der Waals surface area contributed by atoms with Crippen molar-refractivity contribution in [2.45, 2.75) is 26.3 Å². The number of aromatic nitrogens is 3. The number of hydrogen-bond donors (Lipinski definition) is 1. The predicted octanol–water partition coefficient (Wildman–Crippen LogP) is 2.84. The Labute approximate surface area is 163 Å². The van der Waals surface area contributed by atoms with Gasteiger partial charge in [-0.15, -0.1) is 0 Å². The van der Waals surface area contributed by atoms with Crippen LogP contribution in [0.5, 0.6) is 0 Å². The van der Waals surface area contributed by atoms with E-state index in [1.54, 1.807) is 24.3 Å². The molecular weight excluding hydrogens is 390 g/mol. The van der Waals surface area contributed by atoms with Crippen LogP contribution < -0.4 is 9.62 Å². The number of para-hydroxylation sites is 1. The molecule has 1 unspecified atom stereocenters. The number of rotatable bonds is 4. The molecule has 1 N–H and O–H groups in total. The van der Waals surface area contributed by atoms with Gasteiger partial charge in [0.1, 0.15) is 11.4 Å². The molecular formula is C17H17ClN5O3S-. The standard InChI is InChI=1S/C17H18ClN5O3S/c1-17(2,3)21-16(24)11-10-19-22-9-8-14(20-15(11)22)23(27(25)26)13-7-5-4-6-12(13)18/h4-10H,1-3H3,(H,21,24)(H,25,26)/p-1. The van der Waals surface area contributed by atoms with Gasteiger partial charge < -0.3 is 9.87 Å². The molecule has 1 amide bonds. The van der Waals surface area contributed by atoms with Crippen LogP contribution in [0, 0.1) is 0 Å². The highest BCUT2D eigenvalue weighted by Gasteiger charge is 2.21. The number of carbonyl (C=O) groups is 1. The zero-order valence-corrected chi connectivity index (χ0v) is 16.4. The second kappa shape index (κ2) is 7.26. The van der Waals surface area contributed by atoms with E-state index in [2.05, 4.69) is 15.4 Å². The topological polar surface area (TPSA) is 103 Å². The molecule has 3 aromatic rings. The summed E-state index contributed by atoms with van der Waals surface area (Å²) in [5, 5.41) is 7.19. The van der Waals surface area contributed by atoms with Crippen LogP contribution in [-0.2, 0) is 11.3 Å². The lowest BCUT2D eigenvalue weighted by Gasteiger charge is -2.26. The molecule has 0 aliphatic carbocycles. The summed E-state index contributed by atoms with van der Waals surface area (Å²) < 4.78 is 26.1. The zero-order valence-electron chi connectivity index (χ0n) is 14.8. The fourth-order valence-electron chi connectivity index (χ4n) is 2.44. The minimum absolute atomic E-state index is 0.0919. The lowest BCUT2D eigenvalue weighted by molar-refractivity contribution is 0.0921. The SMILES string of the molecule is CC(C)(C)NC(=O)c1cnn2ccc(N(c3ccccc3Cl)S(=O)[O-])nc12. The van der Waals surface area contributed by atoms with E-state index in [0.717, 1.165) is 4.31 Å². The molecule has 3 rings (SSSR count).